The fourth-order valence-corrected chi connectivity index (χ4v) is 2.56. The molecule has 0 saturated carbocycles. The molecule has 0 aliphatic carbocycles. The molecule has 0 saturated heterocycles. The Morgan fingerprint density at radius 1 is 0.929 bits per heavy atom. The van der Waals surface area contributed by atoms with Gasteiger partial charge in [0.1, 0.15) is 0 Å². The van der Waals surface area contributed by atoms with Gasteiger partial charge >= 0.3 is 11.8 Å². The molecule has 7 heteroatoms. The lowest BCUT2D eigenvalue weighted by Gasteiger charge is -2.23. The number of hydrogen-bond donors (Lipinski definition) is 4. The van der Waals surface area contributed by atoms with Gasteiger partial charge in [0.15, 0.2) is 0 Å². The van der Waals surface area contributed by atoms with Gasteiger partial charge in [0.05, 0.1) is 5.60 Å². The van der Waals surface area contributed by atoms with Crippen LogP contribution in [0.3, 0.4) is 0 Å². The Balaban J connectivity index is 1.83. The second-order valence-corrected chi connectivity index (χ2v) is 6.88. The van der Waals surface area contributed by atoms with E-state index in [0.717, 1.165) is 5.56 Å². The van der Waals surface area contributed by atoms with Gasteiger partial charge in [-0.25, -0.2) is 0 Å². The molecule has 0 aliphatic heterocycles. The van der Waals surface area contributed by atoms with E-state index in [9.17, 15) is 19.5 Å². The van der Waals surface area contributed by atoms with Gasteiger partial charge in [-0.05, 0) is 43.5 Å². The number of benzene rings is 2. The molecule has 0 radical (unpaired) electrons. The van der Waals surface area contributed by atoms with E-state index in [4.69, 9.17) is 0 Å². The van der Waals surface area contributed by atoms with E-state index in [1.807, 2.05) is 30.3 Å². The molecule has 1 unspecified atom stereocenters. The number of aryl methyl sites for hydroxylation is 1. The molecule has 2 aromatic carbocycles. The molecule has 0 fully saturated rings. The maximum absolute atomic E-state index is 12.1. The number of aliphatic hydroxyl groups is 1. The number of amides is 3. The van der Waals surface area contributed by atoms with Crippen molar-refractivity contribution in [3.8, 4) is 0 Å². The summed E-state index contributed by atoms with van der Waals surface area (Å²) in [7, 11) is 0. The minimum absolute atomic E-state index is 0.0436. The molecular weight excluding hydrogens is 358 g/mol. The van der Waals surface area contributed by atoms with E-state index < -0.39 is 17.4 Å². The third-order valence-electron chi connectivity index (χ3n) is 4.07. The van der Waals surface area contributed by atoms with Crippen molar-refractivity contribution in [3.63, 3.8) is 0 Å². The molecule has 0 bridgehead atoms. The highest BCUT2D eigenvalue weighted by atomic mass is 16.3. The Morgan fingerprint density at radius 2 is 1.57 bits per heavy atom. The zero-order valence-corrected chi connectivity index (χ0v) is 16.0. The molecule has 3 amide bonds. The zero-order chi connectivity index (χ0) is 20.6. The molecule has 0 spiro atoms. The molecule has 2 rings (SSSR count). The summed E-state index contributed by atoms with van der Waals surface area (Å²) in [5.74, 6) is -1.93. The summed E-state index contributed by atoms with van der Waals surface area (Å²) in [6, 6.07) is 16.2. The SMILES string of the molecule is CC(=O)Nc1cccc(NC(=O)C(=O)NCC(C)(O)CCc2ccccc2)c1. The van der Waals surface area contributed by atoms with Crippen molar-refractivity contribution in [2.45, 2.75) is 32.3 Å². The summed E-state index contributed by atoms with van der Waals surface area (Å²) in [5, 5.41) is 17.9. The van der Waals surface area contributed by atoms with Gasteiger partial charge in [0, 0.05) is 24.8 Å². The predicted octanol–water partition coefficient (Wildman–Crippen LogP) is 2.08. The standard InChI is InChI=1S/C21H25N3O4/c1-15(25)23-17-9-6-10-18(13-17)24-20(27)19(26)22-14-21(2,28)12-11-16-7-4-3-5-8-16/h3-10,13,28H,11-12,14H2,1-2H3,(H,22,26)(H,23,25)(H,24,27). The minimum Gasteiger partial charge on any atom is -0.388 e. The largest absolute Gasteiger partial charge is 0.388 e. The second kappa shape index (κ2) is 9.66. The normalized spacial score (nSPS) is 12.5. The summed E-state index contributed by atoms with van der Waals surface area (Å²) in [4.78, 5) is 35.2. The quantitative estimate of drug-likeness (QED) is 0.549. The summed E-state index contributed by atoms with van der Waals surface area (Å²) >= 11 is 0. The van der Waals surface area contributed by atoms with Gasteiger partial charge in [-0.2, -0.15) is 0 Å². The third kappa shape index (κ3) is 7.20. The molecule has 4 N–H and O–H groups in total. The number of carbonyl (C=O) groups is 3. The fourth-order valence-electron chi connectivity index (χ4n) is 2.56. The maximum Gasteiger partial charge on any atom is 0.313 e. The number of anilines is 2. The lowest BCUT2D eigenvalue weighted by molar-refractivity contribution is -0.136. The average Bonchev–Trinajstić information content (AvgIpc) is 2.65. The molecule has 0 heterocycles. The van der Waals surface area contributed by atoms with E-state index in [2.05, 4.69) is 16.0 Å². The second-order valence-electron chi connectivity index (χ2n) is 6.88. The fraction of sp³-hybridized carbons (Fsp3) is 0.286. The molecule has 1 atom stereocenters. The van der Waals surface area contributed by atoms with Gasteiger partial charge in [-0.15, -0.1) is 0 Å². The topological polar surface area (TPSA) is 108 Å². The monoisotopic (exact) mass is 383 g/mol. The van der Waals surface area contributed by atoms with Crippen molar-refractivity contribution in [1.82, 2.24) is 5.32 Å². The van der Waals surface area contributed by atoms with E-state index >= 15 is 0 Å². The van der Waals surface area contributed by atoms with Gasteiger partial charge in [0.25, 0.3) is 0 Å². The van der Waals surface area contributed by atoms with Crippen LogP contribution in [0.1, 0.15) is 25.8 Å². The maximum atomic E-state index is 12.1. The first-order valence-electron chi connectivity index (χ1n) is 8.98. The highest BCUT2D eigenvalue weighted by Gasteiger charge is 2.23. The van der Waals surface area contributed by atoms with Gasteiger partial charge in [0.2, 0.25) is 5.91 Å². The number of hydrogen-bond acceptors (Lipinski definition) is 4. The molecule has 0 aliphatic rings. The molecular formula is C21H25N3O4. The highest BCUT2D eigenvalue weighted by Crippen LogP contribution is 2.15. The lowest BCUT2D eigenvalue weighted by atomic mass is 9.97. The van der Waals surface area contributed by atoms with Crippen molar-refractivity contribution in [1.29, 1.82) is 0 Å². The van der Waals surface area contributed by atoms with Crippen LogP contribution < -0.4 is 16.0 Å². The Bertz CT molecular complexity index is 835. The van der Waals surface area contributed by atoms with Crippen LogP contribution in [0.2, 0.25) is 0 Å². The van der Waals surface area contributed by atoms with Crippen LogP contribution in [0.5, 0.6) is 0 Å². The number of nitrogens with one attached hydrogen (secondary N) is 3. The minimum atomic E-state index is -1.14. The number of carbonyl (C=O) groups excluding carboxylic acids is 3. The van der Waals surface area contributed by atoms with E-state index in [1.54, 1.807) is 31.2 Å². The van der Waals surface area contributed by atoms with Gasteiger partial charge < -0.3 is 21.1 Å². The van der Waals surface area contributed by atoms with Crippen molar-refractivity contribution in [2.75, 3.05) is 17.2 Å². The predicted molar refractivity (Wildman–Crippen MR) is 108 cm³/mol. The average molecular weight is 383 g/mol. The smallest absolute Gasteiger partial charge is 0.313 e. The van der Waals surface area contributed by atoms with Crippen LogP contribution in [0.15, 0.2) is 54.6 Å². The summed E-state index contributed by atoms with van der Waals surface area (Å²) in [6.07, 6.45) is 1.10. The summed E-state index contributed by atoms with van der Waals surface area (Å²) in [6.45, 7) is 2.95. The van der Waals surface area contributed by atoms with Gasteiger partial charge in [-0.1, -0.05) is 36.4 Å². The van der Waals surface area contributed by atoms with Crippen LogP contribution >= 0.6 is 0 Å². The highest BCUT2D eigenvalue weighted by molar-refractivity contribution is 6.39. The zero-order valence-electron chi connectivity index (χ0n) is 16.0. The van der Waals surface area contributed by atoms with Crippen molar-refractivity contribution in [2.24, 2.45) is 0 Å². The Hall–Kier alpha value is -3.19. The Labute approximate surface area is 164 Å². The van der Waals surface area contributed by atoms with Crippen LogP contribution in [-0.2, 0) is 20.8 Å². The molecule has 28 heavy (non-hydrogen) atoms. The first-order chi connectivity index (χ1) is 13.2. The van der Waals surface area contributed by atoms with E-state index in [-0.39, 0.29) is 12.5 Å². The van der Waals surface area contributed by atoms with Crippen LogP contribution in [0, 0.1) is 0 Å². The van der Waals surface area contributed by atoms with Crippen molar-refractivity contribution >= 4 is 29.1 Å². The van der Waals surface area contributed by atoms with E-state index in [1.165, 1.54) is 6.92 Å². The Morgan fingerprint density at radius 3 is 2.21 bits per heavy atom. The van der Waals surface area contributed by atoms with Crippen LogP contribution in [0.25, 0.3) is 0 Å². The van der Waals surface area contributed by atoms with Crippen LogP contribution in [0.4, 0.5) is 11.4 Å². The number of rotatable bonds is 7. The van der Waals surface area contributed by atoms with Gasteiger partial charge in [-0.3, -0.25) is 14.4 Å². The van der Waals surface area contributed by atoms with Crippen molar-refractivity contribution in [3.05, 3.63) is 60.2 Å². The Kier molecular flexibility index (Phi) is 7.28. The van der Waals surface area contributed by atoms with Crippen molar-refractivity contribution < 1.29 is 19.5 Å². The summed E-state index contributed by atoms with van der Waals surface area (Å²) in [5.41, 5.74) is 0.833. The lowest BCUT2D eigenvalue weighted by Crippen LogP contribution is -2.44. The molecule has 0 aromatic heterocycles. The first-order valence-corrected chi connectivity index (χ1v) is 8.98. The van der Waals surface area contributed by atoms with E-state index in [0.29, 0.717) is 24.2 Å². The summed E-state index contributed by atoms with van der Waals surface area (Å²) < 4.78 is 0. The molecule has 148 valence electrons. The van der Waals surface area contributed by atoms with Crippen LogP contribution in [-0.4, -0.2) is 35.0 Å². The first kappa shape index (κ1) is 21.1. The molecule has 2 aromatic rings. The molecule has 7 nitrogen and oxygen atoms in total. The third-order valence-corrected chi connectivity index (χ3v) is 4.07.